The molecule has 0 unspecified atom stereocenters. The highest BCUT2D eigenvalue weighted by Gasteiger charge is 2.07. The second-order valence-corrected chi connectivity index (χ2v) is 5.43. The zero-order valence-corrected chi connectivity index (χ0v) is 11.7. The van der Waals surface area contributed by atoms with Gasteiger partial charge in [0.2, 0.25) is 0 Å². The number of anilines is 1. The molecule has 3 nitrogen and oxygen atoms in total. The van der Waals surface area contributed by atoms with Gasteiger partial charge in [0.05, 0.1) is 5.69 Å². The van der Waals surface area contributed by atoms with Gasteiger partial charge < -0.3 is 11.5 Å². The molecule has 100 valence electrons. The van der Waals surface area contributed by atoms with Crippen molar-refractivity contribution < 1.29 is 0 Å². The van der Waals surface area contributed by atoms with E-state index in [0.29, 0.717) is 6.54 Å². The van der Waals surface area contributed by atoms with Crippen molar-refractivity contribution in [1.82, 2.24) is 4.98 Å². The predicted octanol–water partition coefficient (Wildman–Crippen LogP) is 3.52. The van der Waals surface area contributed by atoms with E-state index in [-0.39, 0.29) is 0 Å². The summed E-state index contributed by atoms with van der Waals surface area (Å²) >= 11 is 1.63. The van der Waals surface area contributed by atoms with E-state index in [4.69, 9.17) is 11.5 Å². The molecule has 0 aliphatic rings. The van der Waals surface area contributed by atoms with E-state index in [1.54, 1.807) is 11.3 Å². The van der Waals surface area contributed by atoms with Crippen molar-refractivity contribution in [1.29, 1.82) is 0 Å². The third kappa shape index (κ3) is 2.57. The smallest absolute Gasteiger partial charge is 0.124 e. The van der Waals surface area contributed by atoms with Gasteiger partial charge in [0.1, 0.15) is 5.01 Å². The van der Waals surface area contributed by atoms with Gasteiger partial charge in [-0.05, 0) is 23.8 Å². The summed E-state index contributed by atoms with van der Waals surface area (Å²) in [6.45, 7) is 0.543. The third-order valence-electron chi connectivity index (χ3n) is 3.10. The lowest BCUT2D eigenvalue weighted by molar-refractivity contribution is 1.07. The molecule has 0 saturated heterocycles. The van der Waals surface area contributed by atoms with Crippen molar-refractivity contribution in [3.8, 4) is 21.8 Å². The molecule has 0 radical (unpaired) electrons. The molecule has 0 atom stereocenters. The minimum atomic E-state index is 0.543. The zero-order chi connectivity index (χ0) is 13.9. The van der Waals surface area contributed by atoms with Crippen LogP contribution in [0.1, 0.15) is 5.56 Å². The van der Waals surface area contributed by atoms with E-state index >= 15 is 0 Å². The molecule has 2 aromatic carbocycles. The van der Waals surface area contributed by atoms with Crippen LogP contribution in [0.4, 0.5) is 5.69 Å². The Bertz CT molecular complexity index is 734. The molecule has 0 saturated carbocycles. The Balaban J connectivity index is 1.97. The number of nitrogen functional groups attached to an aromatic ring is 1. The molecule has 4 N–H and O–H groups in total. The summed E-state index contributed by atoms with van der Waals surface area (Å²) in [5, 5.41) is 3.05. The molecule has 3 rings (SSSR count). The van der Waals surface area contributed by atoms with Gasteiger partial charge >= 0.3 is 0 Å². The highest BCUT2D eigenvalue weighted by atomic mass is 32.1. The Hall–Kier alpha value is -2.17. The number of hydrogen-bond acceptors (Lipinski definition) is 4. The number of aromatic nitrogens is 1. The summed E-state index contributed by atoms with van der Waals surface area (Å²) < 4.78 is 0. The van der Waals surface area contributed by atoms with Gasteiger partial charge in [-0.1, -0.05) is 30.3 Å². The summed E-state index contributed by atoms with van der Waals surface area (Å²) in [4.78, 5) is 4.69. The summed E-state index contributed by atoms with van der Waals surface area (Å²) in [7, 11) is 0. The lowest BCUT2D eigenvalue weighted by atomic mass is 10.1. The fourth-order valence-electron chi connectivity index (χ4n) is 2.07. The Morgan fingerprint density at radius 1 is 1.00 bits per heavy atom. The first-order valence-electron chi connectivity index (χ1n) is 6.37. The Kier molecular flexibility index (Phi) is 3.50. The average Bonchev–Trinajstić information content (AvgIpc) is 2.97. The first-order valence-corrected chi connectivity index (χ1v) is 7.25. The molecular formula is C16H15N3S. The number of nitrogens with zero attached hydrogens (tertiary/aromatic N) is 1. The number of hydrogen-bond donors (Lipinski definition) is 2. The van der Waals surface area contributed by atoms with Crippen LogP contribution in [0.25, 0.3) is 21.8 Å². The van der Waals surface area contributed by atoms with Crippen molar-refractivity contribution in [3.05, 3.63) is 59.5 Å². The molecule has 0 aliphatic heterocycles. The van der Waals surface area contributed by atoms with Crippen LogP contribution < -0.4 is 11.5 Å². The van der Waals surface area contributed by atoms with Crippen LogP contribution in [0.3, 0.4) is 0 Å². The average molecular weight is 281 g/mol. The van der Waals surface area contributed by atoms with Crippen molar-refractivity contribution in [2.24, 2.45) is 5.73 Å². The Morgan fingerprint density at radius 3 is 2.60 bits per heavy atom. The molecule has 0 fully saturated rings. The normalized spacial score (nSPS) is 10.7. The maximum atomic E-state index is 5.81. The van der Waals surface area contributed by atoms with Crippen LogP contribution in [0.2, 0.25) is 0 Å². The fraction of sp³-hybridized carbons (Fsp3) is 0.0625. The minimum Gasteiger partial charge on any atom is -0.399 e. The SMILES string of the molecule is NCc1cccc(-c2nc(-c3cccc(N)c3)cs2)c1. The molecule has 4 heteroatoms. The quantitative estimate of drug-likeness (QED) is 0.722. The third-order valence-corrected chi connectivity index (χ3v) is 3.99. The molecule has 1 aromatic heterocycles. The van der Waals surface area contributed by atoms with Crippen molar-refractivity contribution in [2.45, 2.75) is 6.54 Å². The van der Waals surface area contributed by atoms with Gasteiger partial charge in [-0.25, -0.2) is 4.98 Å². The van der Waals surface area contributed by atoms with Crippen LogP contribution in [-0.2, 0) is 6.54 Å². The van der Waals surface area contributed by atoms with Gasteiger partial charge in [0, 0.05) is 28.7 Å². The zero-order valence-electron chi connectivity index (χ0n) is 10.9. The summed E-state index contributed by atoms with van der Waals surface area (Å²) in [6.07, 6.45) is 0. The van der Waals surface area contributed by atoms with E-state index in [9.17, 15) is 0 Å². The van der Waals surface area contributed by atoms with Gasteiger partial charge in [-0.3, -0.25) is 0 Å². The van der Waals surface area contributed by atoms with Crippen LogP contribution in [0.5, 0.6) is 0 Å². The standard InChI is InChI=1S/C16H15N3S/c17-9-11-3-1-5-13(7-11)16-19-15(10-20-16)12-4-2-6-14(18)8-12/h1-8,10H,9,17-18H2. The molecule has 3 aromatic rings. The monoisotopic (exact) mass is 281 g/mol. The second kappa shape index (κ2) is 5.45. The molecule has 0 bridgehead atoms. The van der Waals surface area contributed by atoms with Crippen molar-refractivity contribution >= 4 is 17.0 Å². The molecule has 0 aliphatic carbocycles. The van der Waals surface area contributed by atoms with Crippen molar-refractivity contribution in [3.63, 3.8) is 0 Å². The molecule has 1 heterocycles. The highest BCUT2D eigenvalue weighted by Crippen LogP contribution is 2.29. The maximum Gasteiger partial charge on any atom is 0.124 e. The van der Waals surface area contributed by atoms with E-state index in [1.807, 2.05) is 36.4 Å². The van der Waals surface area contributed by atoms with E-state index in [0.717, 1.165) is 33.1 Å². The molecule has 0 amide bonds. The van der Waals surface area contributed by atoms with Crippen LogP contribution in [-0.4, -0.2) is 4.98 Å². The number of nitrogens with two attached hydrogens (primary N) is 2. The topological polar surface area (TPSA) is 64.9 Å². The van der Waals surface area contributed by atoms with Crippen LogP contribution in [0, 0.1) is 0 Å². The number of thiazole rings is 1. The van der Waals surface area contributed by atoms with E-state index < -0.39 is 0 Å². The van der Waals surface area contributed by atoms with Crippen molar-refractivity contribution in [2.75, 3.05) is 5.73 Å². The lowest BCUT2D eigenvalue weighted by Crippen LogP contribution is -1.95. The second-order valence-electron chi connectivity index (χ2n) is 4.57. The highest BCUT2D eigenvalue weighted by molar-refractivity contribution is 7.13. The van der Waals surface area contributed by atoms with Gasteiger partial charge in [-0.15, -0.1) is 11.3 Å². The Morgan fingerprint density at radius 2 is 1.80 bits per heavy atom. The summed E-state index contributed by atoms with van der Waals surface area (Å²) in [5.74, 6) is 0. The van der Waals surface area contributed by atoms with E-state index in [2.05, 4.69) is 22.5 Å². The summed E-state index contributed by atoms with van der Waals surface area (Å²) in [6, 6.07) is 16.0. The largest absolute Gasteiger partial charge is 0.399 e. The molecular weight excluding hydrogens is 266 g/mol. The van der Waals surface area contributed by atoms with Gasteiger partial charge in [0.25, 0.3) is 0 Å². The van der Waals surface area contributed by atoms with Gasteiger partial charge in [0.15, 0.2) is 0 Å². The lowest BCUT2D eigenvalue weighted by Gasteiger charge is -2.00. The first-order chi connectivity index (χ1) is 9.76. The summed E-state index contributed by atoms with van der Waals surface area (Å²) in [5.41, 5.74) is 16.5. The van der Waals surface area contributed by atoms with Crippen LogP contribution in [0.15, 0.2) is 53.9 Å². The van der Waals surface area contributed by atoms with E-state index in [1.165, 1.54) is 0 Å². The minimum absolute atomic E-state index is 0.543. The maximum absolute atomic E-state index is 5.81. The molecule has 0 spiro atoms. The Labute approximate surface area is 121 Å². The van der Waals surface area contributed by atoms with Crippen LogP contribution >= 0.6 is 11.3 Å². The number of benzene rings is 2. The van der Waals surface area contributed by atoms with Gasteiger partial charge in [-0.2, -0.15) is 0 Å². The predicted molar refractivity (Wildman–Crippen MR) is 85.3 cm³/mol. The first kappa shape index (κ1) is 12.8. The number of rotatable bonds is 3. The molecule has 20 heavy (non-hydrogen) atoms. The fourth-order valence-corrected chi connectivity index (χ4v) is 2.89.